The van der Waals surface area contributed by atoms with Crippen LogP contribution in [0.2, 0.25) is 0 Å². The molecule has 39 heavy (non-hydrogen) atoms. The predicted octanol–water partition coefficient (Wildman–Crippen LogP) is 6.41. The Kier molecular flexibility index (Phi) is 5.56. The highest BCUT2D eigenvalue weighted by molar-refractivity contribution is 9.10. The zero-order valence-electron chi connectivity index (χ0n) is 21.6. The molecule has 196 valence electrons. The van der Waals surface area contributed by atoms with E-state index in [9.17, 15) is 24.5 Å². The third kappa shape index (κ3) is 3.44. The van der Waals surface area contributed by atoms with Crippen molar-refractivity contribution in [1.82, 2.24) is 0 Å². The summed E-state index contributed by atoms with van der Waals surface area (Å²) in [5.74, 6) is -1.64. The predicted molar refractivity (Wildman–Crippen MR) is 151 cm³/mol. The van der Waals surface area contributed by atoms with E-state index in [0.29, 0.717) is 16.7 Å². The molecule has 2 aliphatic heterocycles. The first-order chi connectivity index (χ1) is 18.5. The molecule has 0 radical (unpaired) electrons. The highest BCUT2D eigenvalue weighted by Gasteiger charge is 2.71. The lowest BCUT2D eigenvalue weighted by atomic mass is 9.63. The van der Waals surface area contributed by atoms with E-state index < -0.39 is 33.8 Å². The maximum absolute atomic E-state index is 14.5. The van der Waals surface area contributed by atoms with Crippen LogP contribution in [-0.4, -0.2) is 34.4 Å². The van der Waals surface area contributed by atoms with Crippen molar-refractivity contribution in [2.24, 2.45) is 10.8 Å². The van der Waals surface area contributed by atoms with Gasteiger partial charge in [-0.3, -0.25) is 24.5 Å². The van der Waals surface area contributed by atoms with E-state index in [-0.39, 0.29) is 23.0 Å². The van der Waals surface area contributed by atoms with E-state index in [1.807, 2.05) is 56.0 Å². The topological polar surface area (TPSA) is 97.6 Å². The van der Waals surface area contributed by atoms with Gasteiger partial charge in [-0.2, -0.15) is 0 Å². The first-order valence-electron chi connectivity index (χ1n) is 12.7. The summed E-state index contributed by atoms with van der Waals surface area (Å²) in [6.45, 7) is 5.49. The van der Waals surface area contributed by atoms with Crippen LogP contribution < -0.4 is 4.90 Å². The van der Waals surface area contributed by atoms with Gasteiger partial charge in [0.2, 0.25) is 0 Å². The maximum atomic E-state index is 14.5. The van der Waals surface area contributed by atoms with Crippen LogP contribution in [0.5, 0.6) is 0 Å². The molecule has 7 nitrogen and oxygen atoms in total. The Morgan fingerprint density at radius 3 is 2.15 bits per heavy atom. The molecule has 0 bridgehead atoms. The van der Waals surface area contributed by atoms with Crippen molar-refractivity contribution in [3.05, 3.63) is 110 Å². The Balaban J connectivity index is 1.68. The number of ketones is 3. The fourth-order valence-corrected chi connectivity index (χ4v) is 6.95. The molecule has 1 fully saturated rings. The Bertz CT molecular complexity index is 1580. The molecule has 3 aliphatic rings. The first-order valence-corrected chi connectivity index (χ1v) is 13.5. The Morgan fingerprint density at radius 1 is 0.974 bits per heavy atom. The number of halogens is 1. The van der Waals surface area contributed by atoms with Gasteiger partial charge in [0.15, 0.2) is 17.3 Å². The van der Waals surface area contributed by atoms with Gasteiger partial charge in [0.1, 0.15) is 5.41 Å². The Hall–Kier alpha value is -3.91. The maximum Gasteiger partial charge on any atom is 0.269 e. The minimum absolute atomic E-state index is 0.107. The largest absolute Gasteiger partial charge is 0.352 e. The lowest BCUT2D eigenvalue weighted by Crippen LogP contribution is -2.49. The van der Waals surface area contributed by atoms with Gasteiger partial charge < -0.3 is 4.90 Å². The fourth-order valence-electron chi connectivity index (χ4n) is 6.57. The molecule has 3 aromatic rings. The van der Waals surface area contributed by atoms with Crippen LogP contribution in [0.15, 0.2) is 77.3 Å². The number of anilines is 1. The summed E-state index contributed by atoms with van der Waals surface area (Å²) < 4.78 is 0.865. The fraction of sp³-hybridized carbons (Fsp3) is 0.258. The van der Waals surface area contributed by atoms with Crippen molar-refractivity contribution in [1.29, 1.82) is 0 Å². The van der Waals surface area contributed by atoms with Crippen molar-refractivity contribution in [2.75, 3.05) is 4.90 Å². The number of nitro benzene ring substituents is 1. The van der Waals surface area contributed by atoms with E-state index in [0.717, 1.165) is 15.7 Å². The number of fused-ring (bicyclic) bond motifs is 5. The quantitative estimate of drug-likeness (QED) is 0.200. The summed E-state index contributed by atoms with van der Waals surface area (Å²) in [5.41, 5.74) is 0.321. The second-order valence-electron chi connectivity index (χ2n) is 11.4. The van der Waals surface area contributed by atoms with Gasteiger partial charge in [-0.1, -0.05) is 85.3 Å². The summed E-state index contributed by atoms with van der Waals surface area (Å²) in [4.78, 5) is 56.3. The SMILES string of the molecule is CC(C)(C)C(=O)[C@@H]1[C@@H](c2ccc([N+](=O)[O-])cc2)C2(C(=O)c3ccccc3C2=O)C2C=Cc3cc(Br)ccc3N21. The number of benzene rings is 3. The third-order valence-corrected chi connectivity index (χ3v) is 8.73. The average molecular weight is 585 g/mol. The Morgan fingerprint density at radius 2 is 1.59 bits per heavy atom. The molecule has 2 heterocycles. The molecule has 1 aliphatic carbocycles. The standard InChI is InChI=1S/C31H25BrN2O5/c1-30(2,3)29(37)26-25(17-8-12-20(13-9-17)34(38)39)31(27(35)21-6-4-5-7-22(21)28(31)36)24-15-10-18-16-19(32)11-14-23(18)33(24)26/h4-16,24-26H,1-3H3/t24?,25-,26+/m1/s1. The van der Waals surface area contributed by atoms with Crippen molar-refractivity contribution in [3.8, 4) is 0 Å². The zero-order valence-corrected chi connectivity index (χ0v) is 23.1. The van der Waals surface area contributed by atoms with Crippen LogP contribution >= 0.6 is 15.9 Å². The van der Waals surface area contributed by atoms with E-state index in [4.69, 9.17) is 0 Å². The molecule has 6 rings (SSSR count). The van der Waals surface area contributed by atoms with Gasteiger partial charge in [-0.05, 0) is 29.3 Å². The highest BCUT2D eigenvalue weighted by Crippen LogP contribution is 2.61. The van der Waals surface area contributed by atoms with Crippen LogP contribution in [0.3, 0.4) is 0 Å². The molecule has 1 saturated heterocycles. The molecule has 1 unspecified atom stereocenters. The average Bonchev–Trinajstić information content (AvgIpc) is 3.33. The number of hydrogen-bond acceptors (Lipinski definition) is 6. The van der Waals surface area contributed by atoms with Crippen molar-refractivity contribution < 1.29 is 19.3 Å². The van der Waals surface area contributed by atoms with Crippen LogP contribution in [0.1, 0.15) is 58.5 Å². The van der Waals surface area contributed by atoms with Crippen LogP contribution in [-0.2, 0) is 4.79 Å². The molecule has 3 atom stereocenters. The number of nitrogens with zero attached hydrogens (tertiary/aromatic N) is 2. The molecule has 0 N–H and O–H groups in total. The summed E-state index contributed by atoms with van der Waals surface area (Å²) in [6, 6.07) is 16.8. The van der Waals surface area contributed by atoms with Crippen LogP contribution in [0.25, 0.3) is 6.08 Å². The molecule has 3 aromatic carbocycles. The van der Waals surface area contributed by atoms with Crippen molar-refractivity contribution >= 4 is 50.7 Å². The van der Waals surface area contributed by atoms with Crippen molar-refractivity contribution in [3.63, 3.8) is 0 Å². The molecule has 0 aromatic heterocycles. The molecular formula is C31H25BrN2O5. The summed E-state index contributed by atoms with van der Waals surface area (Å²) in [5, 5.41) is 11.4. The summed E-state index contributed by atoms with van der Waals surface area (Å²) in [6.07, 6.45) is 3.77. The highest BCUT2D eigenvalue weighted by atomic mass is 79.9. The normalized spacial score (nSPS) is 22.6. The van der Waals surface area contributed by atoms with Gasteiger partial charge in [-0.25, -0.2) is 0 Å². The number of rotatable bonds is 3. The molecular weight excluding hydrogens is 560 g/mol. The zero-order chi connectivity index (χ0) is 27.9. The summed E-state index contributed by atoms with van der Waals surface area (Å²) >= 11 is 3.52. The molecule has 8 heteroatoms. The number of nitro groups is 1. The molecule has 1 spiro atoms. The van der Waals surface area contributed by atoms with Gasteiger partial charge in [0, 0.05) is 44.8 Å². The smallest absolute Gasteiger partial charge is 0.269 e. The number of carbonyl (C=O) groups is 3. The van der Waals surface area contributed by atoms with Crippen LogP contribution in [0, 0.1) is 20.9 Å². The molecule has 0 amide bonds. The monoisotopic (exact) mass is 584 g/mol. The van der Waals surface area contributed by atoms with Gasteiger partial charge >= 0.3 is 0 Å². The van der Waals surface area contributed by atoms with Crippen molar-refractivity contribution in [2.45, 2.75) is 38.8 Å². The second kappa shape index (κ2) is 8.55. The van der Waals surface area contributed by atoms with E-state index in [2.05, 4.69) is 15.9 Å². The van der Waals surface area contributed by atoms with Crippen LogP contribution in [0.4, 0.5) is 11.4 Å². The number of non-ortho nitro benzene ring substituents is 1. The Labute approximate surface area is 233 Å². The van der Waals surface area contributed by atoms with Gasteiger partial charge in [-0.15, -0.1) is 0 Å². The lowest BCUT2D eigenvalue weighted by molar-refractivity contribution is -0.384. The minimum atomic E-state index is -1.62. The number of Topliss-reactive ketones (excluding diaryl/α,β-unsaturated/α-hetero) is 3. The van der Waals surface area contributed by atoms with E-state index in [1.54, 1.807) is 36.4 Å². The number of hydrogen-bond donors (Lipinski definition) is 0. The van der Waals surface area contributed by atoms with Gasteiger partial charge in [0.25, 0.3) is 5.69 Å². The van der Waals surface area contributed by atoms with Gasteiger partial charge in [0.05, 0.1) is 17.0 Å². The van der Waals surface area contributed by atoms with E-state index >= 15 is 0 Å². The summed E-state index contributed by atoms with van der Waals surface area (Å²) in [7, 11) is 0. The number of carbonyl (C=O) groups excluding carboxylic acids is 3. The second-order valence-corrected chi connectivity index (χ2v) is 12.3. The molecule has 0 saturated carbocycles. The minimum Gasteiger partial charge on any atom is -0.352 e. The van der Waals surface area contributed by atoms with E-state index in [1.165, 1.54) is 12.1 Å². The third-order valence-electron chi connectivity index (χ3n) is 8.24. The first kappa shape index (κ1) is 25.4. The lowest BCUT2D eigenvalue weighted by Gasteiger charge is -2.38.